The fourth-order valence-electron chi connectivity index (χ4n) is 0.571. The lowest BCUT2D eigenvalue weighted by Gasteiger charge is -2.24. The van der Waals surface area contributed by atoms with Crippen LogP contribution in [-0.4, -0.2) is 27.3 Å². The zero-order valence-corrected chi connectivity index (χ0v) is 6.47. The molecular formula is C5H10OS2. The average Bonchev–Trinajstić information content (AvgIpc) is 1.55. The van der Waals surface area contributed by atoms with E-state index in [4.69, 9.17) is 5.11 Å². The van der Waals surface area contributed by atoms with Crippen LogP contribution in [0.4, 0.5) is 0 Å². The third-order valence-corrected chi connectivity index (χ3v) is 3.81. The highest BCUT2D eigenvalue weighted by Gasteiger charge is 2.19. The van der Waals surface area contributed by atoms with Gasteiger partial charge in [-0.1, -0.05) is 0 Å². The molecular weight excluding hydrogens is 140 g/mol. The van der Waals surface area contributed by atoms with Crippen LogP contribution in [-0.2, 0) is 0 Å². The van der Waals surface area contributed by atoms with Gasteiger partial charge in [0, 0.05) is 16.8 Å². The minimum atomic E-state index is -0.166. The molecule has 0 radical (unpaired) electrons. The third-order valence-electron chi connectivity index (χ3n) is 0.997. The second-order valence-electron chi connectivity index (χ2n) is 1.89. The summed E-state index contributed by atoms with van der Waals surface area (Å²) in [4.78, 5) is 0. The van der Waals surface area contributed by atoms with Gasteiger partial charge in [-0.2, -0.15) is 11.8 Å². The van der Waals surface area contributed by atoms with E-state index in [1.54, 1.807) is 11.8 Å². The molecule has 1 aliphatic heterocycles. The first-order chi connectivity index (χ1) is 3.79. The molecule has 1 saturated heterocycles. The van der Waals surface area contributed by atoms with E-state index in [2.05, 4.69) is 0 Å². The van der Waals surface area contributed by atoms with Gasteiger partial charge in [0.15, 0.2) is 0 Å². The minimum absolute atomic E-state index is 0.166. The highest BCUT2D eigenvalue weighted by atomic mass is 32.2. The quantitative estimate of drug-likeness (QED) is 0.597. The highest BCUT2D eigenvalue weighted by molar-refractivity contribution is 8.07. The Bertz CT molecular complexity index is 70.8. The number of hydrogen-bond acceptors (Lipinski definition) is 3. The maximum absolute atomic E-state index is 8.84. The highest BCUT2D eigenvalue weighted by Crippen LogP contribution is 2.30. The molecule has 0 amide bonds. The zero-order valence-electron chi connectivity index (χ0n) is 4.83. The van der Waals surface area contributed by atoms with Crippen molar-refractivity contribution in [3.05, 3.63) is 0 Å². The Morgan fingerprint density at radius 1 is 1.75 bits per heavy atom. The molecule has 0 aromatic rings. The van der Waals surface area contributed by atoms with Crippen molar-refractivity contribution in [2.75, 3.05) is 11.5 Å². The molecule has 1 aliphatic rings. The van der Waals surface area contributed by atoms with Crippen LogP contribution in [0.25, 0.3) is 0 Å². The summed E-state index contributed by atoms with van der Waals surface area (Å²) in [7, 11) is 0. The summed E-state index contributed by atoms with van der Waals surface area (Å²) in [5, 5.41) is 9.58. The van der Waals surface area contributed by atoms with E-state index in [9.17, 15) is 0 Å². The largest absolute Gasteiger partial charge is 0.383 e. The van der Waals surface area contributed by atoms with E-state index in [0.717, 1.165) is 5.25 Å². The van der Waals surface area contributed by atoms with Gasteiger partial charge in [-0.25, -0.2) is 0 Å². The van der Waals surface area contributed by atoms with Crippen LogP contribution in [0.15, 0.2) is 0 Å². The van der Waals surface area contributed by atoms with Crippen molar-refractivity contribution < 1.29 is 5.11 Å². The smallest absolute Gasteiger partial charge is 0.0967 e. The van der Waals surface area contributed by atoms with Crippen LogP contribution >= 0.6 is 23.5 Å². The summed E-state index contributed by atoms with van der Waals surface area (Å²) in [6.07, 6.45) is 0. The SMILES string of the molecule is CC(O)SC1CSC1. The second-order valence-corrected chi connectivity index (χ2v) is 4.59. The van der Waals surface area contributed by atoms with Gasteiger partial charge in [-0.3, -0.25) is 0 Å². The Morgan fingerprint density at radius 3 is 2.50 bits per heavy atom. The standard InChI is InChI=1S/C5H10OS2/c1-4(6)8-5-2-7-3-5/h4-6H,2-3H2,1H3. The number of aliphatic hydroxyl groups is 1. The van der Waals surface area contributed by atoms with Gasteiger partial charge in [-0.05, 0) is 6.92 Å². The normalized spacial score (nSPS) is 24.8. The van der Waals surface area contributed by atoms with Gasteiger partial charge in [0.2, 0.25) is 0 Å². The summed E-state index contributed by atoms with van der Waals surface area (Å²) >= 11 is 3.63. The van der Waals surface area contributed by atoms with Crippen molar-refractivity contribution >= 4 is 23.5 Å². The van der Waals surface area contributed by atoms with Gasteiger partial charge in [-0.15, -0.1) is 11.8 Å². The lowest BCUT2D eigenvalue weighted by atomic mass is 10.5. The summed E-state index contributed by atoms with van der Waals surface area (Å²) in [6, 6.07) is 0. The molecule has 0 aromatic carbocycles. The lowest BCUT2D eigenvalue weighted by Crippen LogP contribution is -2.22. The second kappa shape index (κ2) is 2.99. The monoisotopic (exact) mass is 150 g/mol. The van der Waals surface area contributed by atoms with Crippen molar-refractivity contribution in [1.29, 1.82) is 0 Å². The molecule has 1 fully saturated rings. The molecule has 0 bridgehead atoms. The first-order valence-corrected chi connectivity index (χ1v) is 4.80. The molecule has 1 nitrogen and oxygen atoms in total. The average molecular weight is 150 g/mol. The van der Waals surface area contributed by atoms with Crippen LogP contribution in [0.2, 0.25) is 0 Å². The molecule has 1 unspecified atom stereocenters. The first-order valence-electron chi connectivity index (χ1n) is 2.70. The molecule has 1 N–H and O–H groups in total. The maximum Gasteiger partial charge on any atom is 0.0967 e. The fourth-order valence-corrected chi connectivity index (χ4v) is 2.76. The number of thioether (sulfide) groups is 2. The third kappa shape index (κ3) is 1.88. The molecule has 1 rings (SSSR count). The van der Waals surface area contributed by atoms with E-state index >= 15 is 0 Å². The van der Waals surface area contributed by atoms with Gasteiger partial charge >= 0.3 is 0 Å². The van der Waals surface area contributed by atoms with Crippen molar-refractivity contribution in [2.24, 2.45) is 0 Å². The van der Waals surface area contributed by atoms with Gasteiger partial charge in [0.25, 0.3) is 0 Å². The number of aliphatic hydroxyl groups excluding tert-OH is 1. The molecule has 0 aromatic heterocycles. The molecule has 0 aliphatic carbocycles. The molecule has 48 valence electrons. The van der Waals surface area contributed by atoms with Gasteiger partial charge < -0.3 is 5.11 Å². The van der Waals surface area contributed by atoms with Crippen molar-refractivity contribution in [3.63, 3.8) is 0 Å². The Kier molecular flexibility index (Phi) is 2.53. The van der Waals surface area contributed by atoms with E-state index in [-0.39, 0.29) is 5.44 Å². The Balaban J connectivity index is 2.01. The van der Waals surface area contributed by atoms with Crippen molar-refractivity contribution in [3.8, 4) is 0 Å². The maximum atomic E-state index is 8.84. The van der Waals surface area contributed by atoms with E-state index in [0.29, 0.717) is 0 Å². The molecule has 1 heterocycles. The van der Waals surface area contributed by atoms with Crippen LogP contribution in [0, 0.1) is 0 Å². The van der Waals surface area contributed by atoms with E-state index in [1.807, 2.05) is 18.7 Å². The Labute approximate surface area is 58.2 Å². The fraction of sp³-hybridized carbons (Fsp3) is 1.00. The zero-order chi connectivity index (χ0) is 5.98. The summed E-state index contributed by atoms with van der Waals surface area (Å²) in [6.45, 7) is 1.83. The molecule has 0 spiro atoms. The predicted molar refractivity (Wildman–Crippen MR) is 40.4 cm³/mol. The van der Waals surface area contributed by atoms with Crippen LogP contribution < -0.4 is 0 Å². The molecule has 1 atom stereocenters. The minimum Gasteiger partial charge on any atom is -0.383 e. The number of hydrogen-bond donors (Lipinski definition) is 1. The number of rotatable bonds is 2. The van der Waals surface area contributed by atoms with E-state index < -0.39 is 0 Å². The summed E-state index contributed by atoms with van der Waals surface area (Å²) in [5.41, 5.74) is -0.166. The molecule has 0 saturated carbocycles. The van der Waals surface area contributed by atoms with Crippen LogP contribution in [0.1, 0.15) is 6.92 Å². The van der Waals surface area contributed by atoms with E-state index in [1.165, 1.54) is 11.5 Å². The van der Waals surface area contributed by atoms with Crippen LogP contribution in [0.5, 0.6) is 0 Å². The summed E-state index contributed by atoms with van der Waals surface area (Å²) in [5.74, 6) is 2.46. The predicted octanol–water partition coefficient (Wildman–Crippen LogP) is 1.17. The van der Waals surface area contributed by atoms with Gasteiger partial charge in [0.1, 0.15) is 0 Å². The molecule has 8 heavy (non-hydrogen) atoms. The van der Waals surface area contributed by atoms with Crippen molar-refractivity contribution in [1.82, 2.24) is 0 Å². The van der Waals surface area contributed by atoms with Crippen LogP contribution in [0.3, 0.4) is 0 Å². The van der Waals surface area contributed by atoms with Gasteiger partial charge in [0.05, 0.1) is 5.44 Å². The first kappa shape index (κ1) is 6.78. The van der Waals surface area contributed by atoms with Crippen molar-refractivity contribution in [2.45, 2.75) is 17.6 Å². The summed E-state index contributed by atoms with van der Waals surface area (Å²) < 4.78 is 0. The topological polar surface area (TPSA) is 20.2 Å². The Morgan fingerprint density at radius 2 is 2.38 bits per heavy atom. The lowest BCUT2D eigenvalue weighted by molar-refractivity contribution is 0.283. The molecule has 3 heteroatoms. The Hall–Kier alpha value is 0.660.